The minimum atomic E-state index is -0.468. The summed E-state index contributed by atoms with van der Waals surface area (Å²) in [5.41, 5.74) is 8.33. The third-order valence-electron chi connectivity index (χ3n) is 2.87. The number of nitrogens with two attached hydrogens (primary N) is 1. The van der Waals surface area contributed by atoms with Crippen LogP contribution in [0.4, 0.5) is 11.4 Å². The molecule has 1 heterocycles. The van der Waals surface area contributed by atoms with Gasteiger partial charge in [-0.1, -0.05) is 11.6 Å². The summed E-state index contributed by atoms with van der Waals surface area (Å²) in [7, 11) is 0. The van der Waals surface area contributed by atoms with Crippen molar-refractivity contribution in [2.45, 2.75) is 26.9 Å². The average molecular weight is 246 g/mol. The maximum atomic E-state index is 12.1. The van der Waals surface area contributed by atoms with Gasteiger partial charge in [0.2, 0.25) is 0 Å². The number of nitrogen functional groups attached to an aromatic ring is 1. The van der Waals surface area contributed by atoms with Gasteiger partial charge >= 0.3 is 0 Å². The Hall–Kier alpha value is -1.97. The van der Waals surface area contributed by atoms with Crippen molar-refractivity contribution in [3.8, 4) is 5.75 Å². The molecule has 1 unspecified atom stereocenters. The minimum absolute atomic E-state index is 0.0234. The lowest BCUT2D eigenvalue weighted by Gasteiger charge is -2.32. The van der Waals surface area contributed by atoms with Gasteiger partial charge < -0.3 is 15.4 Å². The largest absolute Gasteiger partial charge is 0.479 e. The second kappa shape index (κ2) is 4.72. The van der Waals surface area contributed by atoms with Crippen LogP contribution < -0.4 is 15.4 Å². The van der Waals surface area contributed by atoms with Gasteiger partial charge in [-0.15, -0.1) is 0 Å². The van der Waals surface area contributed by atoms with E-state index >= 15 is 0 Å². The van der Waals surface area contributed by atoms with Crippen molar-refractivity contribution >= 4 is 17.3 Å². The Bertz CT molecular complexity index is 505. The normalized spacial score (nSPS) is 18.1. The Labute approximate surface area is 107 Å². The Balaban J connectivity index is 2.39. The predicted octanol–water partition coefficient (Wildman–Crippen LogP) is 2.35. The van der Waals surface area contributed by atoms with Crippen LogP contribution in [0.3, 0.4) is 0 Å². The van der Waals surface area contributed by atoms with Crippen LogP contribution >= 0.6 is 0 Å². The van der Waals surface area contributed by atoms with Crippen LogP contribution in [-0.2, 0) is 4.79 Å². The Kier molecular flexibility index (Phi) is 3.28. The summed E-state index contributed by atoms with van der Waals surface area (Å²) >= 11 is 0. The predicted molar refractivity (Wildman–Crippen MR) is 72.7 cm³/mol. The highest BCUT2D eigenvalue weighted by Crippen LogP contribution is 2.35. The molecule has 0 radical (unpaired) electrons. The maximum Gasteiger partial charge on any atom is 0.268 e. The molecular formula is C14H18N2O2. The van der Waals surface area contributed by atoms with Gasteiger partial charge in [0, 0.05) is 18.3 Å². The van der Waals surface area contributed by atoms with Crippen LogP contribution in [0.2, 0.25) is 0 Å². The number of ether oxygens (including phenoxy) is 1. The van der Waals surface area contributed by atoms with Gasteiger partial charge in [-0.25, -0.2) is 0 Å². The third-order valence-corrected chi connectivity index (χ3v) is 2.87. The van der Waals surface area contributed by atoms with E-state index < -0.39 is 6.10 Å². The number of nitrogens with zero attached hydrogens (tertiary/aromatic N) is 1. The van der Waals surface area contributed by atoms with Crippen molar-refractivity contribution in [3.05, 3.63) is 29.8 Å². The number of amides is 1. The molecule has 0 fully saturated rings. The monoisotopic (exact) mass is 246 g/mol. The van der Waals surface area contributed by atoms with Crippen LogP contribution in [-0.4, -0.2) is 18.6 Å². The molecule has 96 valence electrons. The zero-order chi connectivity index (χ0) is 13.3. The van der Waals surface area contributed by atoms with Gasteiger partial charge in [-0.05, 0) is 32.9 Å². The van der Waals surface area contributed by atoms with E-state index in [1.807, 2.05) is 26.0 Å². The minimum Gasteiger partial charge on any atom is -0.479 e. The van der Waals surface area contributed by atoms with Crippen LogP contribution in [0.25, 0.3) is 0 Å². The molecule has 0 aliphatic carbocycles. The topological polar surface area (TPSA) is 55.6 Å². The summed E-state index contributed by atoms with van der Waals surface area (Å²) in [4.78, 5) is 13.9. The number of benzene rings is 1. The van der Waals surface area contributed by atoms with Gasteiger partial charge in [0.25, 0.3) is 5.91 Å². The number of hydrogen-bond acceptors (Lipinski definition) is 3. The van der Waals surface area contributed by atoms with E-state index in [0.29, 0.717) is 18.0 Å². The first-order chi connectivity index (χ1) is 8.49. The number of allylic oxidation sites excluding steroid dienone is 1. The maximum absolute atomic E-state index is 12.1. The van der Waals surface area contributed by atoms with Crippen molar-refractivity contribution in [1.82, 2.24) is 0 Å². The van der Waals surface area contributed by atoms with Gasteiger partial charge in [0.15, 0.2) is 6.10 Å². The highest BCUT2D eigenvalue weighted by atomic mass is 16.5. The molecule has 4 nitrogen and oxygen atoms in total. The summed E-state index contributed by atoms with van der Waals surface area (Å²) in [6.45, 7) is 6.34. The fourth-order valence-corrected chi connectivity index (χ4v) is 1.89. The van der Waals surface area contributed by atoms with Gasteiger partial charge in [-0.3, -0.25) is 4.79 Å². The van der Waals surface area contributed by atoms with Crippen LogP contribution in [0.15, 0.2) is 29.8 Å². The molecule has 2 N–H and O–H groups in total. The van der Waals surface area contributed by atoms with E-state index in [1.54, 1.807) is 24.0 Å². The summed E-state index contributed by atoms with van der Waals surface area (Å²) in [6, 6.07) is 5.36. The number of hydrogen-bond donors (Lipinski definition) is 1. The van der Waals surface area contributed by atoms with Gasteiger partial charge in [0.1, 0.15) is 5.75 Å². The Morgan fingerprint density at radius 2 is 2.22 bits per heavy atom. The Morgan fingerprint density at radius 3 is 2.89 bits per heavy atom. The van der Waals surface area contributed by atoms with E-state index in [1.165, 1.54) is 5.57 Å². The third kappa shape index (κ3) is 2.32. The Morgan fingerprint density at radius 1 is 1.50 bits per heavy atom. The highest BCUT2D eigenvalue weighted by Gasteiger charge is 2.30. The van der Waals surface area contributed by atoms with Crippen molar-refractivity contribution in [2.75, 3.05) is 17.2 Å². The molecule has 1 aliphatic rings. The van der Waals surface area contributed by atoms with Crippen LogP contribution in [0.5, 0.6) is 5.75 Å². The lowest BCUT2D eigenvalue weighted by atomic mass is 10.1. The lowest BCUT2D eigenvalue weighted by Crippen LogP contribution is -2.44. The van der Waals surface area contributed by atoms with Crippen LogP contribution in [0.1, 0.15) is 20.8 Å². The zero-order valence-electron chi connectivity index (χ0n) is 10.9. The molecule has 0 aromatic heterocycles. The molecule has 4 heteroatoms. The van der Waals surface area contributed by atoms with Crippen molar-refractivity contribution in [3.63, 3.8) is 0 Å². The fraction of sp³-hybridized carbons (Fsp3) is 0.357. The van der Waals surface area contributed by atoms with Crippen molar-refractivity contribution in [1.29, 1.82) is 0 Å². The van der Waals surface area contributed by atoms with E-state index in [2.05, 4.69) is 0 Å². The number of carbonyl (C=O) groups excluding carboxylic acids is 1. The molecule has 0 saturated carbocycles. The SMILES string of the molecule is CC(C)=CCN1C(=O)C(C)Oc2cc(N)ccc21. The average Bonchev–Trinajstić information content (AvgIpc) is 2.29. The molecule has 18 heavy (non-hydrogen) atoms. The molecular weight excluding hydrogens is 228 g/mol. The fourth-order valence-electron chi connectivity index (χ4n) is 1.89. The summed E-state index contributed by atoms with van der Waals surface area (Å²) in [5.74, 6) is 0.647. The molecule has 1 aliphatic heterocycles. The highest BCUT2D eigenvalue weighted by molar-refractivity contribution is 6.00. The molecule has 1 aromatic rings. The number of anilines is 2. The van der Waals surface area contributed by atoms with Gasteiger partial charge in [-0.2, -0.15) is 0 Å². The van der Waals surface area contributed by atoms with E-state index in [0.717, 1.165) is 5.69 Å². The quantitative estimate of drug-likeness (QED) is 0.643. The van der Waals surface area contributed by atoms with E-state index in [-0.39, 0.29) is 5.91 Å². The molecule has 1 amide bonds. The first kappa shape index (κ1) is 12.5. The molecule has 0 bridgehead atoms. The molecule has 2 rings (SSSR count). The number of carbonyl (C=O) groups is 1. The first-order valence-corrected chi connectivity index (χ1v) is 6.00. The number of fused-ring (bicyclic) bond motifs is 1. The number of rotatable bonds is 2. The second-order valence-electron chi connectivity index (χ2n) is 4.72. The smallest absolute Gasteiger partial charge is 0.268 e. The first-order valence-electron chi connectivity index (χ1n) is 6.00. The van der Waals surface area contributed by atoms with Crippen LogP contribution in [0, 0.1) is 0 Å². The standard InChI is InChI=1S/C14H18N2O2/c1-9(2)6-7-16-12-5-4-11(15)8-13(12)18-10(3)14(16)17/h4-6,8,10H,7,15H2,1-3H3. The molecule has 0 spiro atoms. The lowest BCUT2D eigenvalue weighted by molar-refractivity contribution is -0.125. The second-order valence-corrected chi connectivity index (χ2v) is 4.72. The van der Waals surface area contributed by atoms with Crippen molar-refractivity contribution in [2.24, 2.45) is 0 Å². The molecule has 1 aromatic carbocycles. The van der Waals surface area contributed by atoms with Crippen molar-refractivity contribution < 1.29 is 9.53 Å². The van der Waals surface area contributed by atoms with Gasteiger partial charge in [0.05, 0.1) is 5.69 Å². The van der Waals surface area contributed by atoms with E-state index in [9.17, 15) is 4.79 Å². The molecule has 1 atom stereocenters. The summed E-state index contributed by atoms with van der Waals surface area (Å²) < 4.78 is 5.57. The molecule has 0 saturated heterocycles. The van der Waals surface area contributed by atoms with E-state index in [4.69, 9.17) is 10.5 Å². The zero-order valence-corrected chi connectivity index (χ0v) is 10.9. The summed E-state index contributed by atoms with van der Waals surface area (Å²) in [5, 5.41) is 0. The summed E-state index contributed by atoms with van der Waals surface area (Å²) in [6.07, 6.45) is 1.56.